The molecular formula is C31H37Cl2N3O2. The fourth-order valence-electron chi connectivity index (χ4n) is 5.23. The van der Waals surface area contributed by atoms with E-state index >= 15 is 0 Å². The van der Waals surface area contributed by atoms with E-state index in [1.165, 1.54) is 6.42 Å². The van der Waals surface area contributed by atoms with Gasteiger partial charge in [-0.05, 0) is 66.8 Å². The number of hydrogen-bond donors (Lipinski definition) is 0. The molecule has 0 radical (unpaired) electrons. The van der Waals surface area contributed by atoms with Crippen LogP contribution in [0, 0.1) is 5.92 Å². The highest BCUT2D eigenvalue weighted by atomic mass is 35.5. The second-order valence-electron chi connectivity index (χ2n) is 10.6. The molecule has 0 saturated heterocycles. The van der Waals surface area contributed by atoms with Crippen molar-refractivity contribution in [3.05, 3.63) is 93.7 Å². The molecule has 2 amide bonds. The predicted octanol–water partition coefficient (Wildman–Crippen LogP) is 7.30. The molecule has 0 N–H and O–H groups in total. The van der Waals surface area contributed by atoms with E-state index in [2.05, 4.69) is 24.5 Å². The fraction of sp³-hybridized carbons (Fsp3) is 0.419. The first-order chi connectivity index (χ1) is 18.3. The van der Waals surface area contributed by atoms with E-state index in [1.54, 1.807) is 29.2 Å². The van der Waals surface area contributed by atoms with Crippen molar-refractivity contribution in [2.45, 2.75) is 65.1 Å². The zero-order chi connectivity index (χ0) is 27.1. The van der Waals surface area contributed by atoms with E-state index in [4.69, 9.17) is 23.2 Å². The lowest BCUT2D eigenvalue weighted by Crippen LogP contribution is -2.48. The summed E-state index contributed by atoms with van der Waals surface area (Å²) in [6.45, 7) is 5.84. The molecule has 2 aromatic carbocycles. The summed E-state index contributed by atoms with van der Waals surface area (Å²) < 4.78 is 2.16. The Balaban J connectivity index is 1.56. The van der Waals surface area contributed by atoms with Gasteiger partial charge in [0.15, 0.2) is 0 Å². The van der Waals surface area contributed by atoms with Crippen LogP contribution in [0.25, 0.3) is 0 Å². The van der Waals surface area contributed by atoms with Gasteiger partial charge in [-0.3, -0.25) is 9.59 Å². The van der Waals surface area contributed by atoms with Crippen LogP contribution in [0.15, 0.2) is 66.9 Å². The Morgan fingerprint density at radius 1 is 0.947 bits per heavy atom. The molecule has 1 aliphatic rings. The Labute approximate surface area is 236 Å². The summed E-state index contributed by atoms with van der Waals surface area (Å²) in [7, 11) is 0. The Morgan fingerprint density at radius 3 is 2.34 bits per heavy atom. The standard InChI is InChI=1S/C31H37Cl2N3O2/c1-23(2)19-35(31(38)24-14-16-26(32)17-15-24)22-30(37)36(27-10-4-3-5-11-27)21-28-12-8-18-34(28)20-25-9-6-7-13-29(25)33/h6-9,12-18,23,27H,3-5,10-11,19-22H2,1-2H3. The number of halogens is 2. The van der Waals surface area contributed by atoms with Gasteiger partial charge >= 0.3 is 0 Å². The second kappa shape index (κ2) is 13.3. The number of carbonyl (C=O) groups is 2. The van der Waals surface area contributed by atoms with Crippen LogP contribution in [0.2, 0.25) is 10.0 Å². The van der Waals surface area contributed by atoms with Crippen LogP contribution in [0.4, 0.5) is 0 Å². The lowest BCUT2D eigenvalue weighted by Gasteiger charge is -2.36. The zero-order valence-electron chi connectivity index (χ0n) is 22.3. The molecule has 0 atom stereocenters. The van der Waals surface area contributed by atoms with Crippen molar-refractivity contribution in [1.29, 1.82) is 0 Å². The summed E-state index contributed by atoms with van der Waals surface area (Å²) in [6, 6.07) is 19.0. The highest BCUT2D eigenvalue weighted by Crippen LogP contribution is 2.26. The van der Waals surface area contributed by atoms with E-state index in [1.807, 2.05) is 41.4 Å². The Hall–Kier alpha value is -2.76. The van der Waals surface area contributed by atoms with Gasteiger partial charge in [-0.15, -0.1) is 0 Å². The molecule has 1 heterocycles. The molecule has 1 fully saturated rings. The highest BCUT2D eigenvalue weighted by molar-refractivity contribution is 6.31. The van der Waals surface area contributed by atoms with Crippen LogP contribution < -0.4 is 0 Å². The SMILES string of the molecule is CC(C)CN(CC(=O)N(Cc1cccn1Cc1ccccc1Cl)C1CCCCC1)C(=O)c1ccc(Cl)cc1. The number of benzene rings is 2. The van der Waals surface area contributed by atoms with Crippen molar-refractivity contribution in [2.24, 2.45) is 5.92 Å². The van der Waals surface area contributed by atoms with Crippen LogP contribution >= 0.6 is 23.2 Å². The molecule has 1 aliphatic carbocycles. The Bertz CT molecular complexity index is 1220. The molecule has 0 spiro atoms. The molecule has 4 rings (SSSR count). The Morgan fingerprint density at radius 2 is 1.66 bits per heavy atom. The summed E-state index contributed by atoms with van der Waals surface area (Å²) >= 11 is 12.5. The molecular weight excluding hydrogens is 517 g/mol. The van der Waals surface area contributed by atoms with E-state index in [0.29, 0.717) is 30.2 Å². The van der Waals surface area contributed by atoms with E-state index in [-0.39, 0.29) is 30.3 Å². The first-order valence-electron chi connectivity index (χ1n) is 13.5. The molecule has 202 valence electrons. The molecule has 7 heteroatoms. The van der Waals surface area contributed by atoms with E-state index < -0.39 is 0 Å². The van der Waals surface area contributed by atoms with Crippen molar-refractivity contribution in [1.82, 2.24) is 14.4 Å². The average molecular weight is 555 g/mol. The smallest absolute Gasteiger partial charge is 0.254 e. The molecule has 5 nitrogen and oxygen atoms in total. The molecule has 0 aliphatic heterocycles. The normalized spacial score (nSPS) is 14.0. The second-order valence-corrected chi connectivity index (χ2v) is 11.5. The van der Waals surface area contributed by atoms with Crippen molar-refractivity contribution in [2.75, 3.05) is 13.1 Å². The number of amides is 2. The first kappa shape index (κ1) is 28.3. The quantitative estimate of drug-likeness (QED) is 0.264. The average Bonchev–Trinajstić information content (AvgIpc) is 3.35. The minimum atomic E-state index is -0.144. The largest absolute Gasteiger partial charge is 0.345 e. The predicted molar refractivity (Wildman–Crippen MR) is 155 cm³/mol. The van der Waals surface area contributed by atoms with Crippen LogP contribution in [0.3, 0.4) is 0 Å². The van der Waals surface area contributed by atoms with Crippen molar-refractivity contribution >= 4 is 35.0 Å². The summed E-state index contributed by atoms with van der Waals surface area (Å²) in [5.41, 5.74) is 2.64. The molecule has 3 aromatic rings. The van der Waals surface area contributed by atoms with Crippen LogP contribution in [-0.4, -0.2) is 45.3 Å². The van der Waals surface area contributed by atoms with Crippen molar-refractivity contribution < 1.29 is 9.59 Å². The van der Waals surface area contributed by atoms with Gasteiger partial charge in [-0.25, -0.2) is 0 Å². The van der Waals surface area contributed by atoms with Crippen LogP contribution in [0.5, 0.6) is 0 Å². The number of rotatable bonds is 10. The first-order valence-corrected chi connectivity index (χ1v) is 14.3. The maximum absolute atomic E-state index is 14.0. The van der Waals surface area contributed by atoms with E-state index in [0.717, 1.165) is 42.0 Å². The minimum absolute atomic E-state index is 0.00893. The molecule has 0 bridgehead atoms. The van der Waals surface area contributed by atoms with Crippen LogP contribution in [-0.2, 0) is 17.9 Å². The minimum Gasteiger partial charge on any atom is -0.345 e. The summed E-state index contributed by atoms with van der Waals surface area (Å²) in [4.78, 5) is 31.1. The van der Waals surface area contributed by atoms with Gasteiger partial charge in [-0.2, -0.15) is 0 Å². The third-order valence-corrected chi connectivity index (χ3v) is 7.80. The lowest BCUT2D eigenvalue weighted by molar-refractivity contribution is -0.135. The summed E-state index contributed by atoms with van der Waals surface area (Å²) in [6.07, 6.45) is 7.47. The van der Waals surface area contributed by atoms with Gasteiger partial charge in [0.25, 0.3) is 5.91 Å². The van der Waals surface area contributed by atoms with Gasteiger partial charge in [0.05, 0.1) is 6.54 Å². The fourth-order valence-corrected chi connectivity index (χ4v) is 5.56. The van der Waals surface area contributed by atoms with E-state index in [9.17, 15) is 9.59 Å². The highest BCUT2D eigenvalue weighted by Gasteiger charge is 2.29. The number of carbonyl (C=O) groups excluding carboxylic acids is 2. The Kier molecular flexibility index (Phi) is 9.92. The third-order valence-electron chi connectivity index (χ3n) is 7.18. The molecule has 1 aromatic heterocycles. The maximum Gasteiger partial charge on any atom is 0.254 e. The zero-order valence-corrected chi connectivity index (χ0v) is 23.8. The number of nitrogens with zero attached hydrogens (tertiary/aromatic N) is 3. The molecule has 1 saturated carbocycles. The van der Waals surface area contributed by atoms with Gasteiger partial charge in [0, 0.05) is 46.6 Å². The maximum atomic E-state index is 14.0. The van der Waals surface area contributed by atoms with Gasteiger partial charge < -0.3 is 14.4 Å². The topological polar surface area (TPSA) is 45.6 Å². The monoisotopic (exact) mass is 553 g/mol. The van der Waals surface area contributed by atoms with Gasteiger partial charge in [-0.1, -0.05) is 74.5 Å². The molecule has 0 unspecified atom stereocenters. The van der Waals surface area contributed by atoms with Crippen molar-refractivity contribution in [3.8, 4) is 0 Å². The summed E-state index contributed by atoms with van der Waals surface area (Å²) in [5, 5.41) is 1.31. The number of aromatic nitrogens is 1. The van der Waals surface area contributed by atoms with Gasteiger partial charge in [0.2, 0.25) is 5.91 Å². The lowest BCUT2D eigenvalue weighted by atomic mass is 9.94. The van der Waals surface area contributed by atoms with Crippen LogP contribution in [0.1, 0.15) is 67.6 Å². The third kappa shape index (κ3) is 7.42. The molecule has 38 heavy (non-hydrogen) atoms. The van der Waals surface area contributed by atoms with Crippen molar-refractivity contribution in [3.63, 3.8) is 0 Å². The summed E-state index contributed by atoms with van der Waals surface area (Å²) in [5.74, 6) is 0.0785. The number of hydrogen-bond acceptors (Lipinski definition) is 2. The van der Waals surface area contributed by atoms with Gasteiger partial charge in [0.1, 0.15) is 6.54 Å².